The van der Waals surface area contributed by atoms with Gasteiger partial charge >= 0.3 is 0 Å². The molecule has 1 N–H and O–H groups in total. The summed E-state index contributed by atoms with van der Waals surface area (Å²) in [6.07, 6.45) is 1.36. The zero-order chi connectivity index (χ0) is 19.7. The summed E-state index contributed by atoms with van der Waals surface area (Å²) in [5, 5.41) is 0. The topological polar surface area (TPSA) is 84.9 Å². The van der Waals surface area contributed by atoms with Crippen LogP contribution in [0, 0.1) is 0 Å². The van der Waals surface area contributed by atoms with Crippen LogP contribution >= 0.6 is 0 Å². The third-order valence-corrected chi connectivity index (χ3v) is 6.49. The molecule has 1 saturated heterocycles. The maximum Gasteiger partial charge on any atom is 0.241 e. The van der Waals surface area contributed by atoms with Crippen LogP contribution < -0.4 is 19.1 Å². The Morgan fingerprint density at radius 1 is 1.04 bits per heavy atom. The average molecular weight is 402 g/mol. The molecule has 7 nitrogen and oxygen atoms in total. The molecule has 2 aliphatic heterocycles. The summed E-state index contributed by atoms with van der Waals surface area (Å²) >= 11 is 0. The molecule has 0 spiro atoms. The van der Waals surface area contributed by atoms with Crippen molar-refractivity contribution in [2.24, 2.45) is 0 Å². The molecule has 0 aromatic heterocycles. The Balaban J connectivity index is 1.49. The first kappa shape index (κ1) is 18.8. The van der Waals surface area contributed by atoms with Crippen molar-refractivity contribution in [2.75, 3.05) is 24.7 Å². The highest BCUT2D eigenvalue weighted by atomic mass is 32.2. The smallest absolute Gasteiger partial charge is 0.241 e. The van der Waals surface area contributed by atoms with Gasteiger partial charge in [-0.2, -0.15) is 0 Å². The fourth-order valence-corrected chi connectivity index (χ4v) is 4.66. The zero-order valence-electron chi connectivity index (χ0n) is 15.6. The fraction of sp³-hybridized carbons (Fsp3) is 0.350. The number of fused-ring (bicyclic) bond motifs is 1. The molecule has 0 radical (unpaired) electrons. The molecule has 1 atom stereocenters. The first-order valence-electron chi connectivity index (χ1n) is 9.26. The van der Waals surface area contributed by atoms with E-state index in [1.165, 1.54) is 12.1 Å². The molecule has 0 saturated carbocycles. The highest BCUT2D eigenvalue weighted by Crippen LogP contribution is 2.33. The summed E-state index contributed by atoms with van der Waals surface area (Å²) in [5.74, 6) is 1.35. The second-order valence-corrected chi connectivity index (χ2v) is 8.60. The van der Waals surface area contributed by atoms with E-state index in [0.717, 1.165) is 17.7 Å². The van der Waals surface area contributed by atoms with Crippen molar-refractivity contribution in [3.8, 4) is 11.5 Å². The number of benzene rings is 2. The number of anilines is 1. The number of ether oxygens (including phenoxy) is 2. The van der Waals surface area contributed by atoms with Crippen LogP contribution in [0.1, 0.15) is 31.4 Å². The van der Waals surface area contributed by atoms with Gasteiger partial charge in [-0.05, 0) is 55.3 Å². The monoisotopic (exact) mass is 402 g/mol. The second kappa shape index (κ2) is 7.44. The molecule has 0 aliphatic carbocycles. The van der Waals surface area contributed by atoms with Crippen molar-refractivity contribution in [3.63, 3.8) is 0 Å². The minimum absolute atomic E-state index is 0.0703. The SMILES string of the molecule is C[C@@H](NS(=O)(=O)c1ccc(N2CCCC2=O)cc1)c1ccc2c(c1)OCCO2. The van der Waals surface area contributed by atoms with E-state index < -0.39 is 16.1 Å². The molecule has 2 aliphatic rings. The number of carbonyl (C=O) groups is 1. The van der Waals surface area contributed by atoms with Crippen LogP contribution in [0.5, 0.6) is 11.5 Å². The lowest BCUT2D eigenvalue weighted by molar-refractivity contribution is -0.117. The Kier molecular flexibility index (Phi) is 4.99. The molecule has 0 unspecified atom stereocenters. The van der Waals surface area contributed by atoms with E-state index in [1.807, 2.05) is 6.07 Å². The number of rotatable bonds is 5. The molecule has 2 aromatic carbocycles. The number of hydrogen-bond acceptors (Lipinski definition) is 5. The predicted octanol–water partition coefficient (Wildman–Crippen LogP) is 2.62. The van der Waals surface area contributed by atoms with Crippen LogP contribution in [0.2, 0.25) is 0 Å². The first-order chi connectivity index (χ1) is 13.4. The van der Waals surface area contributed by atoms with Crippen molar-refractivity contribution in [1.29, 1.82) is 0 Å². The van der Waals surface area contributed by atoms with Crippen LogP contribution in [0.3, 0.4) is 0 Å². The Morgan fingerprint density at radius 2 is 1.75 bits per heavy atom. The quantitative estimate of drug-likeness (QED) is 0.831. The average Bonchev–Trinajstić information content (AvgIpc) is 3.13. The van der Waals surface area contributed by atoms with Gasteiger partial charge in [0.1, 0.15) is 13.2 Å². The highest BCUT2D eigenvalue weighted by molar-refractivity contribution is 7.89. The van der Waals surface area contributed by atoms with E-state index in [2.05, 4.69) is 4.72 Å². The van der Waals surface area contributed by atoms with Crippen LogP contribution in [-0.4, -0.2) is 34.1 Å². The maximum atomic E-state index is 12.8. The molecule has 4 rings (SSSR count). The van der Waals surface area contributed by atoms with Crippen molar-refractivity contribution in [2.45, 2.75) is 30.7 Å². The van der Waals surface area contributed by atoms with E-state index in [-0.39, 0.29) is 10.8 Å². The van der Waals surface area contributed by atoms with Gasteiger partial charge in [-0.25, -0.2) is 13.1 Å². The number of amides is 1. The van der Waals surface area contributed by atoms with Gasteiger partial charge in [0, 0.05) is 24.7 Å². The lowest BCUT2D eigenvalue weighted by Crippen LogP contribution is -2.27. The van der Waals surface area contributed by atoms with Crippen LogP contribution in [0.25, 0.3) is 0 Å². The number of hydrogen-bond donors (Lipinski definition) is 1. The zero-order valence-corrected chi connectivity index (χ0v) is 16.4. The van der Waals surface area contributed by atoms with Crippen LogP contribution in [0.4, 0.5) is 5.69 Å². The van der Waals surface area contributed by atoms with Crippen LogP contribution in [-0.2, 0) is 14.8 Å². The number of carbonyl (C=O) groups excluding carboxylic acids is 1. The minimum atomic E-state index is -3.71. The molecule has 2 aromatic rings. The summed E-state index contributed by atoms with van der Waals surface area (Å²) in [7, 11) is -3.71. The summed E-state index contributed by atoms with van der Waals surface area (Å²) in [4.78, 5) is 13.7. The van der Waals surface area contributed by atoms with E-state index in [4.69, 9.17) is 9.47 Å². The summed E-state index contributed by atoms with van der Waals surface area (Å²) in [5.41, 5.74) is 1.51. The fourth-order valence-electron chi connectivity index (χ4n) is 3.42. The molecule has 148 valence electrons. The van der Waals surface area contributed by atoms with Gasteiger partial charge in [0.05, 0.1) is 4.90 Å². The predicted molar refractivity (Wildman–Crippen MR) is 104 cm³/mol. The van der Waals surface area contributed by atoms with Crippen LogP contribution in [0.15, 0.2) is 47.4 Å². The van der Waals surface area contributed by atoms with Gasteiger partial charge in [-0.3, -0.25) is 4.79 Å². The van der Waals surface area contributed by atoms with Gasteiger partial charge < -0.3 is 14.4 Å². The third kappa shape index (κ3) is 3.70. The number of nitrogens with zero attached hydrogens (tertiary/aromatic N) is 1. The Morgan fingerprint density at radius 3 is 2.43 bits per heavy atom. The molecular formula is C20H22N2O5S. The lowest BCUT2D eigenvalue weighted by atomic mass is 10.1. The van der Waals surface area contributed by atoms with Gasteiger partial charge in [0.2, 0.25) is 15.9 Å². The molecule has 2 heterocycles. The van der Waals surface area contributed by atoms with E-state index >= 15 is 0 Å². The standard InChI is InChI=1S/C20H22N2O5S/c1-14(15-4-9-18-19(13-15)27-12-11-26-18)21-28(24,25)17-7-5-16(6-8-17)22-10-2-3-20(22)23/h4-9,13-14,21H,2-3,10-12H2,1H3/t14-/m1/s1. The van der Waals surface area contributed by atoms with Crippen molar-refractivity contribution >= 4 is 21.6 Å². The highest BCUT2D eigenvalue weighted by Gasteiger charge is 2.24. The molecule has 1 fully saturated rings. The Hall–Kier alpha value is -2.58. The normalized spacial score (nSPS) is 17.6. The Labute approximate surface area is 164 Å². The van der Waals surface area contributed by atoms with E-state index in [1.54, 1.807) is 36.1 Å². The lowest BCUT2D eigenvalue weighted by Gasteiger charge is -2.21. The van der Waals surface area contributed by atoms with Gasteiger partial charge in [0.15, 0.2) is 11.5 Å². The molecular weight excluding hydrogens is 380 g/mol. The molecule has 1 amide bonds. The molecule has 0 bridgehead atoms. The largest absolute Gasteiger partial charge is 0.486 e. The van der Waals surface area contributed by atoms with Gasteiger partial charge in [-0.15, -0.1) is 0 Å². The van der Waals surface area contributed by atoms with E-state index in [9.17, 15) is 13.2 Å². The van der Waals surface area contributed by atoms with Crippen molar-refractivity contribution in [3.05, 3.63) is 48.0 Å². The summed E-state index contributed by atoms with van der Waals surface area (Å²) in [6.45, 7) is 3.43. The van der Waals surface area contributed by atoms with Crippen molar-refractivity contribution in [1.82, 2.24) is 4.72 Å². The third-order valence-electron chi connectivity index (χ3n) is 4.93. The summed E-state index contributed by atoms with van der Waals surface area (Å²) < 4.78 is 39.3. The summed E-state index contributed by atoms with van der Waals surface area (Å²) in [6, 6.07) is 11.4. The van der Waals surface area contributed by atoms with Crippen molar-refractivity contribution < 1.29 is 22.7 Å². The molecule has 28 heavy (non-hydrogen) atoms. The maximum absolute atomic E-state index is 12.8. The Bertz CT molecular complexity index is 988. The van der Waals surface area contributed by atoms with Gasteiger partial charge in [-0.1, -0.05) is 6.07 Å². The van der Waals surface area contributed by atoms with Gasteiger partial charge in [0.25, 0.3) is 0 Å². The minimum Gasteiger partial charge on any atom is -0.486 e. The number of sulfonamides is 1. The first-order valence-corrected chi connectivity index (χ1v) is 10.7. The molecule has 8 heteroatoms. The second-order valence-electron chi connectivity index (χ2n) is 6.89. The van der Waals surface area contributed by atoms with E-state index in [0.29, 0.717) is 37.7 Å². The number of nitrogens with one attached hydrogen (secondary N) is 1.